The maximum atomic E-state index is 6.43. The number of hydrogen-bond acceptors (Lipinski definition) is 5. The van der Waals surface area contributed by atoms with E-state index in [1.165, 1.54) is 0 Å². The highest BCUT2D eigenvalue weighted by atomic mass is 32.2. The van der Waals surface area contributed by atoms with Gasteiger partial charge in [0.05, 0.1) is 5.69 Å². The zero-order valence-corrected chi connectivity index (χ0v) is 16.5. The first-order valence-corrected chi connectivity index (χ1v) is 9.86. The monoisotopic (exact) mass is 377 g/mol. The van der Waals surface area contributed by atoms with Crippen LogP contribution in [0.4, 0.5) is 11.4 Å². The largest absolute Gasteiger partial charge is 0.437 e. The SMILES string of the molecule is CC(C)(C)c1ccccc1Oc1ncccc1N1c2ccccc2SC1N. The van der Waals surface area contributed by atoms with E-state index in [4.69, 9.17) is 10.5 Å². The highest BCUT2D eigenvalue weighted by Crippen LogP contribution is 2.48. The molecule has 1 aliphatic rings. The van der Waals surface area contributed by atoms with Crippen molar-refractivity contribution in [3.8, 4) is 11.6 Å². The van der Waals surface area contributed by atoms with Crippen molar-refractivity contribution in [3.05, 3.63) is 72.4 Å². The van der Waals surface area contributed by atoms with E-state index in [9.17, 15) is 0 Å². The van der Waals surface area contributed by atoms with E-state index in [1.807, 2.05) is 42.5 Å². The molecule has 0 amide bonds. The topological polar surface area (TPSA) is 51.4 Å². The molecule has 1 unspecified atom stereocenters. The molecule has 2 aromatic carbocycles. The third-order valence-electron chi connectivity index (χ3n) is 4.54. The lowest BCUT2D eigenvalue weighted by Crippen LogP contribution is -2.32. The molecular weight excluding hydrogens is 354 g/mol. The Labute approximate surface area is 164 Å². The van der Waals surface area contributed by atoms with Gasteiger partial charge in [0, 0.05) is 16.7 Å². The summed E-state index contributed by atoms with van der Waals surface area (Å²) in [7, 11) is 0. The fourth-order valence-corrected chi connectivity index (χ4v) is 4.30. The van der Waals surface area contributed by atoms with Gasteiger partial charge in [-0.05, 0) is 35.7 Å². The predicted molar refractivity (Wildman–Crippen MR) is 112 cm³/mol. The van der Waals surface area contributed by atoms with Crippen LogP contribution in [0.1, 0.15) is 26.3 Å². The molecule has 1 aliphatic heterocycles. The van der Waals surface area contributed by atoms with Crippen molar-refractivity contribution in [1.29, 1.82) is 0 Å². The minimum Gasteiger partial charge on any atom is -0.437 e. The molecule has 4 nitrogen and oxygen atoms in total. The number of nitrogens with zero attached hydrogens (tertiary/aromatic N) is 2. The van der Waals surface area contributed by atoms with Gasteiger partial charge in [-0.15, -0.1) is 0 Å². The molecule has 0 saturated carbocycles. The number of nitrogens with two attached hydrogens (primary N) is 1. The summed E-state index contributed by atoms with van der Waals surface area (Å²) in [5.41, 5.74) is 9.27. The van der Waals surface area contributed by atoms with E-state index in [0.29, 0.717) is 5.88 Å². The molecule has 0 aliphatic carbocycles. The van der Waals surface area contributed by atoms with E-state index in [1.54, 1.807) is 18.0 Å². The van der Waals surface area contributed by atoms with Crippen molar-refractivity contribution in [2.75, 3.05) is 4.90 Å². The second kappa shape index (κ2) is 6.91. The lowest BCUT2D eigenvalue weighted by molar-refractivity contribution is 0.440. The van der Waals surface area contributed by atoms with Gasteiger partial charge >= 0.3 is 0 Å². The van der Waals surface area contributed by atoms with Crippen LogP contribution >= 0.6 is 11.8 Å². The molecule has 2 N–H and O–H groups in total. The molecule has 3 aromatic rings. The number of para-hydroxylation sites is 2. The van der Waals surface area contributed by atoms with Gasteiger partial charge in [-0.1, -0.05) is 62.9 Å². The Morgan fingerprint density at radius 3 is 2.48 bits per heavy atom. The number of fused-ring (bicyclic) bond motifs is 1. The molecule has 2 heterocycles. The van der Waals surface area contributed by atoms with Gasteiger partial charge in [0.1, 0.15) is 16.9 Å². The molecule has 5 heteroatoms. The summed E-state index contributed by atoms with van der Waals surface area (Å²) in [5, 5.41) is 0. The number of benzene rings is 2. The predicted octanol–water partition coefficient (Wildman–Crippen LogP) is 5.66. The van der Waals surface area contributed by atoms with Crippen LogP contribution < -0.4 is 15.4 Å². The lowest BCUT2D eigenvalue weighted by atomic mass is 9.86. The van der Waals surface area contributed by atoms with Crippen molar-refractivity contribution >= 4 is 23.1 Å². The summed E-state index contributed by atoms with van der Waals surface area (Å²) in [6.45, 7) is 6.54. The van der Waals surface area contributed by atoms with E-state index in [0.717, 1.165) is 27.6 Å². The number of aromatic nitrogens is 1. The van der Waals surface area contributed by atoms with E-state index >= 15 is 0 Å². The molecular formula is C22H23N3OS. The van der Waals surface area contributed by atoms with Crippen LogP contribution in [0.15, 0.2) is 71.8 Å². The quantitative estimate of drug-likeness (QED) is 0.638. The molecule has 0 fully saturated rings. The fraction of sp³-hybridized carbons (Fsp3) is 0.227. The summed E-state index contributed by atoms with van der Waals surface area (Å²) in [6.07, 6.45) is 1.75. The molecule has 1 aromatic heterocycles. The van der Waals surface area contributed by atoms with Gasteiger partial charge < -0.3 is 15.4 Å². The second-order valence-corrected chi connectivity index (χ2v) is 8.68. The Bertz CT molecular complexity index is 968. The molecule has 1 atom stereocenters. The van der Waals surface area contributed by atoms with Gasteiger partial charge in [-0.25, -0.2) is 4.98 Å². The maximum absolute atomic E-state index is 6.43. The normalized spacial score (nSPS) is 16.3. The number of thioether (sulfide) groups is 1. The van der Waals surface area contributed by atoms with E-state index in [-0.39, 0.29) is 10.9 Å². The van der Waals surface area contributed by atoms with Gasteiger partial charge in [0.2, 0.25) is 5.88 Å². The van der Waals surface area contributed by atoms with Gasteiger partial charge in [0.15, 0.2) is 0 Å². The van der Waals surface area contributed by atoms with Crippen LogP contribution in [0.3, 0.4) is 0 Å². The Morgan fingerprint density at radius 2 is 1.67 bits per heavy atom. The minimum absolute atomic E-state index is 0.0297. The molecule has 0 spiro atoms. The summed E-state index contributed by atoms with van der Waals surface area (Å²) in [5.74, 6) is 1.38. The van der Waals surface area contributed by atoms with Gasteiger partial charge in [0.25, 0.3) is 0 Å². The van der Waals surface area contributed by atoms with Crippen molar-refractivity contribution in [1.82, 2.24) is 4.98 Å². The molecule has 4 rings (SSSR count). The number of pyridine rings is 1. The Kier molecular flexibility index (Phi) is 4.58. The summed E-state index contributed by atoms with van der Waals surface area (Å²) in [4.78, 5) is 7.77. The smallest absolute Gasteiger partial charge is 0.243 e. The maximum Gasteiger partial charge on any atom is 0.243 e. The first kappa shape index (κ1) is 17.9. The number of ether oxygens (including phenoxy) is 1. The minimum atomic E-state index is -0.216. The van der Waals surface area contributed by atoms with Crippen LogP contribution in [0.25, 0.3) is 0 Å². The number of rotatable bonds is 3. The third kappa shape index (κ3) is 3.40. The van der Waals surface area contributed by atoms with E-state index in [2.05, 4.69) is 48.9 Å². The first-order valence-electron chi connectivity index (χ1n) is 8.98. The average molecular weight is 378 g/mol. The Balaban J connectivity index is 1.76. The van der Waals surface area contributed by atoms with Crippen molar-refractivity contribution in [2.24, 2.45) is 5.73 Å². The molecule has 0 bridgehead atoms. The first-order chi connectivity index (χ1) is 12.9. The Hall–Kier alpha value is -2.50. The molecule has 0 radical (unpaired) electrons. The average Bonchev–Trinajstić information content (AvgIpc) is 2.97. The van der Waals surface area contributed by atoms with Crippen LogP contribution in [0.2, 0.25) is 0 Å². The molecule has 138 valence electrons. The summed E-state index contributed by atoms with van der Waals surface area (Å²) >= 11 is 1.64. The van der Waals surface area contributed by atoms with E-state index < -0.39 is 0 Å². The summed E-state index contributed by atoms with van der Waals surface area (Å²) in [6, 6.07) is 20.3. The van der Waals surface area contributed by atoms with Crippen molar-refractivity contribution < 1.29 is 4.74 Å². The fourth-order valence-electron chi connectivity index (χ4n) is 3.27. The lowest BCUT2D eigenvalue weighted by Gasteiger charge is -2.26. The Morgan fingerprint density at radius 1 is 0.963 bits per heavy atom. The van der Waals surface area contributed by atoms with Crippen LogP contribution in [0.5, 0.6) is 11.6 Å². The van der Waals surface area contributed by atoms with Crippen LogP contribution in [-0.2, 0) is 5.41 Å². The zero-order valence-electron chi connectivity index (χ0n) is 15.7. The zero-order chi connectivity index (χ0) is 19.0. The van der Waals surface area contributed by atoms with Gasteiger partial charge in [-0.3, -0.25) is 0 Å². The summed E-state index contributed by atoms with van der Waals surface area (Å²) < 4.78 is 6.33. The molecule has 0 saturated heterocycles. The van der Waals surface area contributed by atoms with Gasteiger partial charge in [-0.2, -0.15) is 0 Å². The highest BCUT2D eigenvalue weighted by molar-refractivity contribution is 8.00. The molecule has 27 heavy (non-hydrogen) atoms. The van der Waals surface area contributed by atoms with Crippen LogP contribution in [0, 0.1) is 0 Å². The van der Waals surface area contributed by atoms with Crippen LogP contribution in [-0.4, -0.2) is 10.5 Å². The second-order valence-electron chi connectivity index (χ2n) is 7.52. The number of hydrogen-bond donors (Lipinski definition) is 1. The standard InChI is InChI=1S/C22H23N3OS/c1-22(2,3)15-9-4-6-12-18(15)26-20-17(11-8-14-24-20)25-16-10-5-7-13-19(16)27-21(25)23/h4-14,21H,23H2,1-3H3. The number of anilines is 2. The van der Waals surface area contributed by atoms with Crippen molar-refractivity contribution in [3.63, 3.8) is 0 Å². The van der Waals surface area contributed by atoms with Crippen molar-refractivity contribution in [2.45, 2.75) is 36.6 Å². The highest BCUT2D eigenvalue weighted by Gasteiger charge is 2.31. The third-order valence-corrected chi connectivity index (χ3v) is 5.59.